The Kier molecular flexibility index (Phi) is 3.20. The van der Waals surface area contributed by atoms with Crippen molar-refractivity contribution in [3.63, 3.8) is 0 Å². The van der Waals surface area contributed by atoms with Gasteiger partial charge in [-0.15, -0.1) is 0 Å². The maximum atomic E-state index is 4.78. The molecule has 3 nitrogen and oxygen atoms in total. The van der Waals surface area contributed by atoms with Crippen LogP contribution < -0.4 is 5.32 Å². The molecule has 3 rings (SSSR count). The van der Waals surface area contributed by atoms with Crippen LogP contribution in [0, 0.1) is 6.92 Å². The van der Waals surface area contributed by atoms with Gasteiger partial charge in [0.2, 0.25) is 0 Å². The fraction of sp³-hybridized carbons (Fsp3) is 0.375. The van der Waals surface area contributed by atoms with E-state index in [9.17, 15) is 0 Å². The highest BCUT2D eigenvalue weighted by atomic mass is 15.0. The van der Waals surface area contributed by atoms with E-state index in [1.165, 1.54) is 23.2 Å². The lowest BCUT2D eigenvalue weighted by molar-refractivity contribution is 0.900. The molecule has 0 saturated heterocycles. The van der Waals surface area contributed by atoms with Gasteiger partial charge in [-0.3, -0.25) is 0 Å². The fourth-order valence-corrected chi connectivity index (χ4v) is 2.69. The van der Waals surface area contributed by atoms with Gasteiger partial charge in [-0.25, -0.2) is 9.97 Å². The van der Waals surface area contributed by atoms with Crippen molar-refractivity contribution in [1.82, 2.24) is 9.97 Å². The van der Waals surface area contributed by atoms with Gasteiger partial charge < -0.3 is 5.32 Å². The van der Waals surface area contributed by atoms with Crippen molar-refractivity contribution in [2.75, 3.05) is 11.9 Å². The number of nitrogens with one attached hydrogen (secondary N) is 1. The lowest BCUT2D eigenvalue weighted by Gasteiger charge is -2.12. The topological polar surface area (TPSA) is 37.8 Å². The molecular weight excluding hydrogens is 234 g/mol. The number of hydrogen-bond donors (Lipinski definition) is 1. The maximum Gasteiger partial charge on any atom is 0.162 e. The summed E-state index contributed by atoms with van der Waals surface area (Å²) in [4.78, 5) is 9.52. The first kappa shape index (κ1) is 12.2. The number of aromatic nitrogens is 2. The molecule has 0 atom stereocenters. The largest absolute Gasteiger partial charge is 0.370 e. The Balaban J connectivity index is 2.13. The summed E-state index contributed by atoms with van der Waals surface area (Å²) in [5.74, 6) is 1.89. The van der Waals surface area contributed by atoms with Gasteiger partial charge in [0.05, 0.1) is 0 Å². The van der Waals surface area contributed by atoms with Gasteiger partial charge in [0.25, 0.3) is 0 Å². The van der Waals surface area contributed by atoms with Gasteiger partial charge in [0, 0.05) is 23.4 Å². The number of anilines is 1. The quantitative estimate of drug-likeness (QED) is 0.911. The molecule has 0 fully saturated rings. The molecule has 1 aromatic carbocycles. The predicted molar refractivity (Wildman–Crippen MR) is 78.4 cm³/mol. The summed E-state index contributed by atoms with van der Waals surface area (Å²) >= 11 is 0. The molecule has 0 bridgehead atoms. The Morgan fingerprint density at radius 1 is 1.16 bits per heavy atom. The summed E-state index contributed by atoms with van der Waals surface area (Å²) in [5, 5.41) is 3.39. The summed E-state index contributed by atoms with van der Waals surface area (Å²) in [5.41, 5.74) is 4.91. The van der Waals surface area contributed by atoms with Crippen LogP contribution in [0.4, 0.5) is 5.82 Å². The van der Waals surface area contributed by atoms with Crippen LogP contribution in [-0.2, 0) is 12.8 Å². The average Bonchev–Trinajstić information content (AvgIpc) is 2.88. The maximum absolute atomic E-state index is 4.78. The number of nitrogens with zero attached hydrogens (tertiary/aromatic N) is 2. The second-order valence-corrected chi connectivity index (χ2v) is 5.02. The molecule has 19 heavy (non-hydrogen) atoms. The molecule has 0 radical (unpaired) electrons. The summed E-state index contributed by atoms with van der Waals surface area (Å²) < 4.78 is 0. The van der Waals surface area contributed by atoms with Crippen LogP contribution in [0.3, 0.4) is 0 Å². The van der Waals surface area contributed by atoms with Crippen molar-refractivity contribution in [1.29, 1.82) is 0 Å². The van der Waals surface area contributed by atoms with E-state index in [0.717, 1.165) is 36.6 Å². The summed E-state index contributed by atoms with van der Waals surface area (Å²) in [6, 6.07) is 8.31. The van der Waals surface area contributed by atoms with E-state index in [4.69, 9.17) is 9.97 Å². The molecule has 0 aliphatic heterocycles. The minimum absolute atomic E-state index is 0.856. The van der Waals surface area contributed by atoms with Crippen molar-refractivity contribution < 1.29 is 0 Å². The number of benzene rings is 1. The standard InChI is InChI=1S/C16H19N3/c1-3-17-15-13-9-6-10-14(13)18-16(19-15)12-8-5-4-7-11(12)2/h4-5,7-8H,3,6,9-10H2,1-2H3,(H,17,18,19). The van der Waals surface area contributed by atoms with E-state index in [0.29, 0.717) is 0 Å². The Morgan fingerprint density at radius 2 is 2.00 bits per heavy atom. The van der Waals surface area contributed by atoms with Crippen LogP contribution in [0.15, 0.2) is 24.3 Å². The first-order valence-electron chi connectivity index (χ1n) is 6.99. The van der Waals surface area contributed by atoms with Gasteiger partial charge in [0.1, 0.15) is 5.82 Å². The third kappa shape index (κ3) is 2.21. The molecule has 0 spiro atoms. The van der Waals surface area contributed by atoms with E-state index in [1.54, 1.807) is 0 Å². The Morgan fingerprint density at radius 3 is 2.79 bits per heavy atom. The third-order valence-corrected chi connectivity index (χ3v) is 3.66. The number of fused-ring (bicyclic) bond motifs is 1. The summed E-state index contributed by atoms with van der Waals surface area (Å²) in [6.45, 7) is 5.12. The molecular formula is C16H19N3. The SMILES string of the molecule is CCNc1nc(-c2ccccc2C)nc2c1CCC2. The van der Waals surface area contributed by atoms with E-state index in [-0.39, 0.29) is 0 Å². The Labute approximate surface area is 114 Å². The van der Waals surface area contributed by atoms with Crippen LogP contribution in [0.2, 0.25) is 0 Å². The summed E-state index contributed by atoms with van der Waals surface area (Å²) in [7, 11) is 0. The molecule has 1 aromatic heterocycles. The zero-order valence-electron chi connectivity index (χ0n) is 11.5. The first-order valence-corrected chi connectivity index (χ1v) is 6.99. The van der Waals surface area contributed by atoms with Crippen LogP contribution >= 0.6 is 0 Å². The van der Waals surface area contributed by atoms with Gasteiger partial charge in [0.15, 0.2) is 5.82 Å². The fourth-order valence-electron chi connectivity index (χ4n) is 2.69. The summed E-state index contributed by atoms with van der Waals surface area (Å²) in [6.07, 6.45) is 3.38. The van der Waals surface area contributed by atoms with Gasteiger partial charge in [-0.2, -0.15) is 0 Å². The number of aryl methyl sites for hydroxylation is 2. The molecule has 0 amide bonds. The van der Waals surface area contributed by atoms with Crippen molar-refractivity contribution in [3.8, 4) is 11.4 Å². The molecule has 1 aliphatic carbocycles. The lowest BCUT2D eigenvalue weighted by atomic mass is 10.1. The second kappa shape index (κ2) is 5.00. The van der Waals surface area contributed by atoms with E-state index >= 15 is 0 Å². The van der Waals surface area contributed by atoms with Crippen LogP contribution in [0.25, 0.3) is 11.4 Å². The molecule has 0 saturated carbocycles. The minimum atomic E-state index is 0.856. The van der Waals surface area contributed by atoms with Crippen molar-refractivity contribution in [3.05, 3.63) is 41.1 Å². The van der Waals surface area contributed by atoms with Crippen molar-refractivity contribution in [2.45, 2.75) is 33.1 Å². The van der Waals surface area contributed by atoms with Gasteiger partial charge >= 0.3 is 0 Å². The van der Waals surface area contributed by atoms with Gasteiger partial charge in [-0.05, 0) is 38.7 Å². The van der Waals surface area contributed by atoms with Crippen molar-refractivity contribution >= 4 is 5.82 Å². The van der Waals surface area contributed by atoms with Crippen LogP contribution in [-0.4, -0.2) is 16.5 Å². The minimum Gasteiger partial charge on any atom is -0.370 e. The van der Waals surface area contributed by atoms with E-state index in [1.807, 2.05) is 6.07 Å². The van der Waals surface area contributed by atoms with Crippen molar-refractivity contribution in [2.24, 2.45) is 0 Å². The molecule has 0 unspecified atom stereocenters. The Bertz CT molecular complexity index is 605. The van der Waals surface area contributed by atoms with E-state index < -0.39 is 0 Å². The molecule has 98 valence electrons. The molecule has 1 aliphatic rings. The highest BCUT2D eigenvalue weighted by Gasteiger charge is 2.19. The zero-order valence-corrected chi connectivity index (χ0v) is 11.5. The molecule has 1 N–H and O–H groups in total. The molecule has 2 aromatic rings. The number of rotatable bonds is 3. The van der Waals surface area contributed by atoms with Gasteiger partial charge in [-0.1, -0.05) is 24.3 Å². The highest BCUT2D eigenvalue weighted by Crippen LogP contribution is 2.30. The van der Waals surface area contributed by atoms with E-state index in [2.05, 4.69) is 37.4 Å². The third-order valence-electron chi connectivity index (χ3n) is 3.66. The first-order chi connectivity index (χ1) is 9.29. The second-order valence-electron chi connectivity index (χ2n) is 5.02. The zero-order chi connectivity index (χ0) is 13.2. The number of hydrogen-bond acceptors (Lipinski definition) is 3. The highest BCUT2D eigenvalue weighted by molar-refractivity contribution is 5.63. The average molecular weight is 253 g/mol. The monoisotopic (exact) mass is 253 g/mol. The Hall–Kier alpha value is -1.90. The van der Waals surface area contributed by atoms with Crippen LogP contribution in [0.1, 0.15) is 30.2 Å². The predicted octanol–water partition coefficient (Wildman–Crippen LogP) is 3.37. The molecule has 1 heterocycles. The van der Waals surface area contributed by atoms with Crippen LogP contribution in [0.5, 0.6) is 0 Å². The normalized spacial score (nSPS) is 13.4. The molecule has 3 heteroatoms. The lowest BCUT2D eigenvalue weighted by Crippen LogP contribution is -2.07. The smallest absolute Gasteiger partial charge is 0.162 e.